The number of benzene rings is 1. The van der Waals surface area contributed by atoms with Crippen molar-refractivity contribution in [3.63, 3.8) is 0 Å². The molecule has 1 saturated heterocycles. The molecule has 3 rings (SSSR count). The minimum Gasteiger partial charge on any atom is -0.382 e. The molecule has 3 nitrogen and oxygen atoms in total. The van der Waals surface area contributed by atoms with Gasteiger partial charge in [-0.1, -0.05) is 6.07 Å². The van der Waals surface area contributed by atoms with Crippen LogP contribution in [-0.2, 0) is 12.6 Å². The first-order valence-electron chi connectivity index (χ1n) is 5.18. The zero-order chi connectivity index (χ0) is 10.5. The number of hydrogen-bond acceptors (Lipinski definition) is 2. The molecule has 2 heterocycles. The van der Waals surface area contributed by atoms with Crippen molar-refractivity contribution in [2.24, 2.45) is 7.05 Å². The molecule has 1 fully saturated rings. The molecule has 1 aliphatic heterocycles. The van der Waals surface area contributed by atoms with E-state index >= 15 is 0 Å². The molecule has 0 atom stereocenters. The molecule has 0 spiro atoms. The quantitative estimate of drug-likeness (QED) is 0.723. The Morgan fingerprint density at radius 3 is 2.80 bits per heavy atom. The number of aryl methyl sites for hydroxylation is 1. The summed E-state index contributed by atoms with van der Waals surface area (Å²) in [5, 5.41) is 14.5. The summed E-state index contributed by atoms with van der Waals surface area (Å²) in [7, 11) is 2.03. The fraction of sp³-hybridized carbons (Fsp3) is 0.333. The van der Waals surface area contributed by atoms with Crippen LogP contribution in [0.15, 0.2) is 30.5 Å². The van der Waals surface area contributed by atoms with Gasteiger partial charge in [0.05, 0.1) is 0 Å². The number of fused-ring (bicyclic) bond motifs is 1. The number of nitrogens with one attached hydrogen (secondary N) is 1. The first kappa shape index (κ1) is 8.95. The molecular formula is C12H14N2O. The highest BCUT2D eigenvalue weighted by Gasteiger charge is 2.36. The molecule has 2 aromatic rings. The molecule has 0 amide bonds. The van der Waals surface area contributed by atoms with Crippen molar-refractivity contribution in [3.05, 3.63) is 36.0 Å². The van der Waals surface area contributed by atoms with Crippen molar-refractivity contribution in [2.45, 2.75) is 5.60 Å². The van der Waals surface area contributed by atoms with E-state index in [-0.39, 0.29) is 0 Å². The van der Waals surface area contributed by atoms with Crippen LogP contribution in [0, 0.1) is 0 Å². The first-order valence-corrected chi connectivity index (χ1v) is 5.18. The third-order valence-corrected chi connectivity index (χ3v) is 3.26. The van der Waals surface area contributed by atoms with E-state index in [1.54, 1.807) is 0 Å². The van der Waals surface area contributed by atoms with Gasteiger partial charge in [0.15, 0.2) is 0 Å². The molecule has 1 aromatic heterocycles. The number of aromatic nitrogens is 1. The second kappa shape index (κ2) is 2.84. The lowest BCUT2D eigenvalue weighted by Gasteiger charge is -2.38. The number of aliphatic hydroxyl groups is 1. The maximum Gasteiger partial charge on any atom is 0.114 e. The molecule has 0 unspecified atom stereocenters. The maximum atomic E-state index is 10.2. The zero-order valence-corrected chi connectivity index (χ0v) is 8.70. The summed E-state index contributed by atoms with van der Waals surface area (Å²) in [5.41, 5.74) is 1.57. The molecule has 0 saturated carbocycles. The highest BCUT2D eigenvalue weighted by Crippen LogP contribution is 2.28. The van der Waals surface area contributed by atoms with Gasteiger partial charge in [0.25, 0.3) is 0 Å². The second-order valence-corrected chi connectivity index (χ2v) is 4.34. The van der Waals surface area contributed by atoms with Crippen LogP contribution in [0.1, 0.15) is 5.56 Å². The average molecular weight is 202 g/mol. The van der Waals surface area contributed by atoms with Gasteiger partial charge in [-0.2, -0.15) is 0 Å². The number of β-amino-alcohol motifs (C(OH)–C–C–N with tert-alkyl or cyclic N) is 1. The van der Waals surface area contributed by atoms with Gasteiger partial charge in [0.1, 0.15) is 5.60 Å². The Labute approximate surface area is 88.3 Å². The molecule has 78 valence electrons. The molecule has 3 heteroatoms. The average Bonchev–Trinajstić information content (AvgIpc) is 2.56. The summed E-state index contributed by atoms with van der Waals surface area (Å²) < 4.78 is 2.09. The van der Waals surface area contributed by atoms with Gasteiger partial charge >= 0.3 is 0 Å². The smallest absolute Gasteiger partial charge is 0.114 e. The van der Waals surface area contributed by atoms with Crippen LogP contribution in [0.4, 0.5) is 0 Å². The van der Waals surface area contributed by atoms with Crippen LogP contribution in [0.3, 0.4) is 0 Å². The van der Waals surface area contributed by atoms with Gasteiger partial charge in [0.2, 0.25) is 0 Å². The van der Waals surface area contributed by atoms with Crippen molar-refractivity contribution < 1.29 is 5.11 Å². The van der Waals surface area contributed by atoms with Crippen LogP contribution >= 0.6 is 0 Å². The Morgan fingerprint density at radius 2 is 2.13 bits per heavy atom. The predicted molar refractivity (Wildman–Crippen MR) is 59.7 cm³/mol. The maximum absolute atomic E-state index is 10.2. The van der Waals surface area contributed by atoms with Gasteiger partial charge in [-0.05, 0) is 29.1 Å². The summed E-state index contributed by atoms with van der Waals surface area (Å²) in [5.74, 6) is 0. The molecule has 1 aliphatic rings. The Balaban J connectivity index is 2.14. The highest BCUT2D eigenvalue weighted by atomic mass is 16.3. The lowest BCUT2D eigenvalue weighted by atomic mass is 9.88. The van der Waals surface area contributed by atoms with Gasteiger partial charge in [-0.25, -0.2) is 0 Å². The van der Waals surface area contributed by atoms with E-state index in [0.717, 1.165) is 5.56 Å². The monoisotopic (exact) mass is 202 g/mol. The van der Waals surface area contributed by atoms with Crippen molar-refractivity contribution in [1.82, 2.24) is 9.88 Å². The van der Waals surface area contributed by atoms with E-state index in [0.29, 0.717) is 13.1 Å². The normalized spacial score (nSPS) is 19.1. The Kier molecular flexibility index (Phi) is 1.69. The lowest BCUT2D eigenvalue weighted by molar-refractivity contribution is -0.0145. The fourth-order valence-corrected chi connectivity index (χ4v) is 2.14. The second-order valence-electron chi connectivity index (χ2n) is 4.34. The topological polar surface area (TPSA) is 37.2 Å². The summed E-state index contributed by atoms with van der Waals surface area (Å²) in [4.78, 5) is 0. The first-order chi connectivity index (χ1) is 7.19. The van der Waals surface area contributed by atoms with Crippen LogP contribution in [0.25, 0.3) is 10.9 Å². The van der Waals surface area contributed by atoms with Crippen molar-refractivity contribution in [1.29, 1.82) is 0 Å². The third-order valence-electron chi connectivity index (χ3n) is 3.26. The molecule has 2 N–H and O–H groups in total. The van der Waals surface area contributed by atoms with E-state index in [1.165, 1.54) is 10.9 Å². The van der Waals surface area contributed by atoms with E-state index in [9.17, 15) is 5.11 Å². The number of rotatable bonds is 1. The van der Waals surface area contributed by atoms with E-state index in [4.69, 9.17) is 0 Å². The lowest BCUT2D eigenvalue weighted by Crippen LogP contribution is -2.56. The van der Waals surface area contributed by atoms with Gasteiger partial charge in [0, 0.05) is 31.9 Å². The Bertz CT molecular complexity index is 511. The number of nitrogens with zero attached hydrogens (tertiary/aromatic N) is 1. The van der Waals surface area contributed by atoms with Crippen LogP contribution in [0.5, 0.6) is 0 Å². The summed E-state index contributed by atoms with van der Waals surface area (Å²) in [6.45, 7) is 1.32. The van der Waals surface area contributed by atoms with Gasteiger partial charge in [-0.15, -0.1) is 0 Å². The summed E-state index contributed by atoms with van der Waals surface area (Å²) >= 11 is 0. The minimum absolute atomic E-state index is 0.649. The minimum atomic E-state index is -0.649. The molecule has 0 radical (unpaired) electrons. The zero-order valence-electron chi connectivity index (χ0n) is 8.70. The fourth-order valence-electron chi connectivity index (χ4n) is 2.14. The Morgan fingerprint density at radius 1 is 1.33 bits per heavy atom. The standard InChI is InChI=1S/C12H14N2O/c1-14-5-4-9-6-10(2-3-11(9)14)12(15)7-13-8-12/h2-6,13,15H,7-8H2,1H3. The number of hydrogen-bond donors (Lipinski definition) is 2. The van der Waals surface area contributed by atoms with Crippen LogP contribution in [0.2, 0.25) is 0 Å². The third kappa shape index (κ3) is 1.20. The largest absolute Gasteiger partial charge is 0.382 e. The van der Waals surface area contributed by atoms with E-state index in [2.05, 4.69) is 28.1 Å². The van der Waals surface area contributed by atoms with Crippen LogP contribution < -0.4 is 5.32 Å². The molecular weight excluding hydrogens is 188 g/mol. The molecule has 15 heavy (non-hydrogen) atoms. The van der Waals surface area contributed by atoms with Crippen molar-refractivity contribution in [2.75, 3.05) is 13.1 Å². The van der Waals surface area contributed by atoms with Crippen molar-refractivity contribution >= 4 is 10.9 Å². The molecule has 0 aliphatic carbocycles. The van der Waals surface area contributed by atoms with E-state index in [1.807, 2.05) is 19.3 Å². The SMILES string of the molecule is Cn1ccc2cc(C3(O)CNC3)ccc21. The van der Waals surface area contributed by atoms with Crippen LogP contribution in [-0.4, -0.2) is 22.8 Å². The molecule has 0 bridgehead atoms. The molecule has 1 aromatic carbocycles. The summed E-state index contributed by atoms with van der Waals surface area (Å²) in [6, 6.07) is 8.24. The Hall–Kier alpha value is -1.32. The highest BCUT2D eigenvalue weighted by molar-refractivity contribution is 5.81. The van der Waals surface area contributed by atoms with Gasteiger partial charge in [-0.3, -0.25) is 0 Å². The van der Waals surface area contributed by atoms with Gasteiger partial charge < -0.3 is 15.0 Å². The predicted octanol–water partition coefficient (Wildman–Crippen LogP) is 0.969. The summed E-state index contributed by atoms with van der Waals surface area (Å²) in [6.07, 6.45) is 2.04. The van der Waals surface area contributed by atoms with E-state index < -0.39 is 5.60 Å². The van der Waals surface area contributed by atoms with Crippen molar-refractivity contribution in [3.8, 4) is 0 Å².